The van der Waals surface area contributed by atoms with Crippen molar-refractivity contribution in [3.8, 4) is 6.07 Å². The zero-order valence-corrected chi connectivity index (χ0v) is 11.5. The summed E-state index contributed by atoms with van der Waals surface area (Å²) in [6.45, 7) is 1.75. The summed E-state index contributed by atoms with van der Waals surface area (Å²) in [6.07, 6.45) is 0. The number of fused-ring (bicyclic) bond motifs is 1. The van der Waals surface area contributed by atoms with E-state index in [4.69, 9.17) is 0 Å². The maximum Gasteiger partial charge on any atom is 0.260 e. The Kier molecular flexibility index (Phi) is 3.25. The molecular weight excluding hydrogens is 262 g/mol. The van der Waals surface area contributed by atoms with Gasteiger partial charge in [0.25, 0.3) is 5.91 Å². The molecule has 0 aliphatic carbocycles. The molecule has 0 N–H and O–H groups in total. The fraction of sp³-hybridized carbons (Fsp3) is 0.118. The second-order valence-electron chi connectivity index (χ2n) is 4.79. The van der Waals surface area contributed by atoms with E-state index < -0.39 is 6.04 Å². The van der Waals surface area contributed by atoms with Crippen molar-refractivity contribution in [3.63, 3.8) is 0 Å². The second-order valence-corrected chi connectivity index (χ2v) is 4.79. The molecule has 102 valence electrons. The molecule has 1 unspecified atom stereocenters. The summed E-state index contributed by atoms with van der Waals surface area (Å²) < 4.78 is 0. The van der Waals surface area contributed by atoms with Crippen LogP contribution in [0.5, 0.6) is 0 Å². The van der Waals surface area contributed by atoms with Crippen LogP contribution >= 0.6 is 0 Å². The smallest absolute Gasteiger partial charge is 0.260 e. The Hall–Kier alpha value is -2.93. The lowest BCUT2D eigenvalue weighted by Crippen LogP contribution is -2.39. The third kappa shape index (κ3) is 2.19. The minimum atomic E-state index is -0.647. The van der Waals surface area contributed by atoms with E-state index in [2.05, 4.69) is 11.1 Å². The summed E-state index contributed by atoms with van der Waals surface area (Å²) >= 11 is 0. The van der Waals surface area contributed by atoms with Crippen LogP contribution in [-0.2, 0) is 0 Å². The molecule has 1 amide bonds. The van der Waals surface area contributed by atoms with Gasteiger partial charge in [0.2, 0.25) is 0 Å². The molecule has 0 fully saturated rings. The molecule has 2 aromatic rings. The number of nitrogens with zero attached hydrogens (tertiary/aromatic N) is 3. The van der Waals surface area contributed by atoms with Crippen LogP contribution in [0.4, 0.5) is 5.69 Å². The third-order valence-corrected chi connectivity index (χ3v) is 3.48. The zero-order valence-electron chi connectivity index (χ0n) is 11.5. The van der Waals surface area contributed by atoms with Gasteiger partial charge in [-0.25, -0.2) is 4.99 Å². The highest BCUT2D eigenvalue weighted by Crippen LogP contribution is 2.35. The van der Waals surface area contributed by atoms with Crippen LogP contribution in [0.3, 0.4) is 0 Å². The largest absolute Gasteiger partial charge is 0.275 e. The van der Waals surface area contributed by atoms with E-state index in [1.807, 2.05) is 30.3 Å². The van der Waals surface area contributed by atoms with E-state index in [0.717, 1.165) is 11.3 Å². The summed E-state index contributed by atoms with van der Waals surface area (Å²) in [5.41, 5.74) is 2.06. The third-order valence-electron chi connectivity index (χ3n) is 3.48. The first kappa shape index (κ1) is 13.1. The summed E-state index contributed by atoms with van der Waals surface area (Å²) in [7, 11) is 0. The van der Waals surface area contributed by atoms with E-state index in [-0.39, 0.29) is 5.91 Å². The SMILES string of the molecule is CC1=Nc2ccccc2C(C#N)N1C(=O)c1ccccc1. The Labute approximate surface area is 123 Å². The lowest BCUT2D eigenvalue weighted by atomic mass is 10.0. The van der Waals surface area contributed by atoms with Crippen molar-refractivity contribution in [2.45, 2.75) is 13.0 Å². The van der Waals surface area contributed by atoms with Crippen LogP contribution in [0.25, 0.3) is 0 Å². The molecule has 0 saturated carbocycles. The van der Waals surface area contributed by atoms with Crippen LogP contribution in [0.1, 0.15) is 28.9 Å². The number of benzene rings is 2. The number of para-hydroxylation sites is 1. The van der Waals surface area contributed by atoms with Gasteiger partial charge in [-0.05, 0) is 25.1 Å². The first-order chi connectivity index (χ1) is 10.2. The van der Waals surface area contributed by atoms with Crippen molar-refractivity contribution >= 4 is 17.4 Å². The Balaban J connectivity index is 2.08. The van der Waals surface area contributed by atoms with Gasteiger partial charge in [-0.2, -0.15) is 5.26 Å². The maximum atomic E-state index is 12.7. The van der Waals surface area contributed by atoms with Crippen LogP contribution in [0.15, 0.2) is 59.6 Å². The quantitative estimate of drug-likeness (QED) is 0.800. The predicted molar refractivity (Wildman–Crippen MR) is 80.2 cm³/mol. The minimum Gasteiger partial charge on any atom is -0.275 e. The van der Waals surface area contributed by atoms with E-state index in [1.54, 1.807) is 31.2 Å². The molecule has 1 atom stereocenters. The number of amidine groups is 1. The van der Waals surface area contributed by atoms with Gasteiger partial charge in [0.15, 0.2) is 6.04 Å². The standard InChI is InChI=1S/C17H13N3O/c1-12-19-15-10-6-5-9-14(15)16(11-18)20(12)17(21)13-7-3-2-4-8-13/h2-10,16H,1H3. The molecular formula is C17H13N3O. The highest BCUT2D eigenvalue weighted by Gasteiger charge is 2.32. The van der Waals surface area contributed by atoms with E-state index in [9.17, 15) is 10.1 Å². The van der Waals surface area contributed by atoms with Gasteiger partial charge in [0.05, 0.1) is 11.8 Å². The van der Waals surface area contributed by atoms with Gasteiger partial charge in [0, 0.05) is 11.1 Å². The molecule has 3 rings (SSSR count). The lowest BCUT2D eigenvalue weighted by molar-refractivity contribution is 0.0821. The lowest BCUT2D eigenvalue weighted by Gasteiger charge is -2.31. The number of amides is 1. The Morgan fingerprint density at radius 1 is 1.14 bits per heavy atom. The Bertz CT molecular complexity index is 759. The molecule has 21 heavy (non-hydrogen) atoms. The summed E-state index contributed by atoms with van der Waals surface area (Å²) in [5.74, 6) is 0.326. The Morgan fingerprint density at radius 3 is 2.52 bits per heavy atom. The van der Waals surface area contributed by atoms with Gasteiger partial charge >= 0.3 is 0 Å². The summed E-state index contributed by atoms with van der Waals surface area (Å²) in [6, 6.07) is 17.9. The molecule has 0 aromatic heterocycles. The van der Waals surface area contributed by atoms with Crippen molar-refractivity contribution in [3.05, 3.63) is 65.7 Å². The van der Waals surface area contributed by atoms with E-state index >= 15 is 0 Å². The van der Waals surface area contributed by atoms with Crippen LogP contribution in [-0.4, -0.2) is 16.6 Å². The highest BCUT2D eigenvalue weighted by molar-refractivity contribution is 6.07. The first-order valence-electron chi connectivity index (χ1n) is 6.65. The maximum absolute atomic E-state index is 12.7. The monoisotopic (exact) mass is 275 g/mol. The second kappa shape index (κ2) is 5.22. The number of carbonyl (C=O) groups excluding carboxylic acids is 1. The fourth-order valence-corrected chi connectivity index (χ4v) is 2.49. The van der Waals surface area contributed by atoms with Gasteiger partial charge in [-0.15, -0.1) is 0 Å². The van der Waals surface area contributed by atoms with E-state index in [0.29, 0.717) is 11.4 Å². The molecule has 1 heterocycles. The molecule has 4 nitrogen and oxygen atoms in total. The molecule has 4 heteroatoms. The summed E-state index contributed by atoms with van der Waals surface area (Å²) in [5, 5.41) is 9.52. The molecule has 2 aromatic carbocycles. The van der Waals surface area contributed by atoms with Crippen molar-refractivity contribution in [2.24, 2.45) is 4.99 Å². The van der Waals surface area contributed by atoms with Gasteiger partial charge in [-0.1, -0.05) is 36.4 Å². The molecule has 0 bridgehead atoms. The van der Waals surface area contributed by atoms with Crippen LogP contribution in [0.2, 0.25) is 0 Å². The number of nitriles is 1. The minimum absolute atomic E-state index is 0.210. The van der Waals surface area contributed by atoms with Crippen molar-refractivity contribution in [2.75, 3.05) is 0 Å². The average Bonchev–Trinajstić information content (AvgIpc) is 2.53. The van der Waals surface area contributed by atoms with Gasteiger partial charge in [-0.3, -0.25) is 9.69 Å². The topological polar surface area (TPSA) is 56.5 Å². The predicted octanol–water partition coefficient (Wildman–Crippen LogP) is 3.46. The first-order valence-corrected chi connectivity index (χ1v) is 6.65. The van der Waals surface area contributed by atoms with Crippen molar-refractivity contribution in [1.29, 1.82) is 5.26 Å². The van der Waals surface area contributed by atoms with Gasteiger partial charge in [0.1, 0.15) is 5.84 Å². The summed E-state index contributed by atoms with van der Waals surface area (Å²) in [4.78, 5) is 18.6. The van der Waals surface area contributed by atoms with Crippen LogP contribution in [0, 0.1) is 11.3 Å². The van der Waals surface area contributed by atoms with Crippen molar-refractivity contribution < 1.29 is 4.79 Å². The van der Waals surface area contributed by atoms with Gasteiger partial charge < -0.3 is 0 Å². The Morgan fingerprint density at radius 2 is 1.81 bits per heavy atom. The molecule has 1 aliphatic rings. The number of rotatable bonds is 1. The molecule has 1 aliphatic heterocycles. The fourth-order valence-electron chi connectivity index (χ4n) is 2.49. The number of hydrogen-bond donors (Lipinski definition) is 0. The van der Waals surface area contributed by atoms with Crippen molar-refractivity contribution in [1.82, 2.24) is 4.90 Å². The van der Waals surface area contributed by atoms with Crippen LogP contribution < -0.4 is 0 Å². The molecule has 0 saturated heterocycles. The number of aliphatic imine (C=N–C) groups is 1. The average molecular weight is 275 g/mol. The molecule has 0 spiro atoms. The number of carbonyl (C=O) groups is 1. The molecule has 0 radical (unpaired) electrons. The highest BCUT2D eigenvalue weighted by atomic mass is 16.2. The zero-order chi connectivity index (χ0) is 14.8. The number of hydrogen-bond acceptors (Lipinski definition) is 3. The van der Waals surface area contributed by atoms with E-state index in [1.165, 1.54) is 4.90 Å². The normalized spacial score (nSPS) is 16.7.